The SMILES string of the molecule is CON=c1c2ccccc2sc2ccccc12. The Labute approximate surface area is 103 Å². The molecule has 0 saturated carbocycles. The van der Waals surface area contributed by atoms with Crippen molar-refractivity contribution in [3.63, 3.8) is 0 Å². The Morgan fingerprint density at radius 1 is 0.882 bits per heavy atom. The lowest BCUT2D eigenvalue weighted by atomic mass is 10.2. The van der Waals surface area contributed by atoms with E-state index in [0.29, 0.717) is 0 Å². The maximum atomic E-state index is 4.97. The molecule has 3 rings (SSSR count). The molecule has 2 aromatic carbocycles. The van der Waals surface area contributed by atoms with Crippen molar-refractivity contribution in [2.45, 2.75) is 0 Å². The van der Waals surface area contributed by atoms with Gasteiger partial charge in [0.1, 0.15) is 12.5 Å². The summed E-state index contributed by atoms with van der Waals surface area (Å²) in [4.78, 5) is 4.97. The van der Waals surface area contributed by atoms with Crippen LogP contribution < -0.4 is 5.36 Å². The van der Waals surface area contributed by atoms with Gasteiger partial charge in [-0.25, -0.2) is 0 Å². The Hall–Kier alpha value is -1.87. The minimum absolute atomic E-state index is 0.914. The number of rotatable bonds is 1. The fourth-order valence-electron chi connectivity index (χ4n) is 1.96. The highest BCUT2D eigenvalue weighted by atomic mass is 32.1. The third kappa shape index (κ3) is 1.68. The standard InChI is InChI=1S/C14H11NOS/c1-16-15-14-10-6-2-4-8-12(10)17-13-9-5-3-7-11(13)14/h2-9H,1H3. The molecule has 0 atom stereocenters. The highest BCUT2D eigenvalue weighted by Gasteiger charge is 2.03. The van der Waals surface area contributed by atoms with E-state index in [9.17, 15) is 0 Å². The molecule has 3 aromatic rings. The Bertz CT molecular complexity index is 689. The molecule has 0 spiro atoms. The highest BCUT2D eigenvalue weighted by molar-refractivity contribution is 7.24. The summed E-state index contributed by atoms with van der Waals surface area (Å²) >= 11 is 1.78. The Kier molecular flexibility index (Phi) is 2.53. The van der Waals surface area contributed by atoms with E-state index in [4.69, 9.17) is 4.84 Å². The summed E-state index contributed by atoms with van der Waals surface area (Å²) in [6.45, 7) is 0. The number of nitrogens with zero attached hydrogens (tertiary/aromatic N) is 1. The van der Waals surface area contributed by atoms with Crippen molar-refractivity contribution >= 4 is 31.5 Å². The van der Waals surface area contributed by atoms with Crippen LogP contribution in [0.4, 0.5) is 0 Å². The molecule has 1 heterocycles. The lowest BCUT2D eigenvalue weighted by Crippen LogP contribution is -2.04. The molecule has 17 heavy (non-hydrogen) atoms. The molecule has 0 unspecified atom stereocenters. The van der Waals surface area contributed by atoms with Crippen LogP contribution in [0.5, 0.6) is 0 Å². The Morgan fingerprint density at radius 3 is 1.94 bits per heavy atom. The predicted molar refractivity (Wildman–Crippen MR) is 71.9 cm³/mol. The molecular formula is C14H11NOS. The summed E-state index contributed by atoms with van der Waals surface area (Å²) in [5.74, 6) is 0. The minimum Gasteiger partial charge on any atom is -0.399 e. The topological polar surface area (TPSA) is 21.6 Å². The number of hydrogen-bond acceptors (Lipinski definition) is 3. The van der Waals surface area contributed by atoms with Crippen molar-refractivity contribution in [3.8, 4) is 0 Å². The van der Waals surface area contributed by atoms with Gasteiger partial charge in [-0.15, -0.1) is 11.3 Å². The second kappa shape index (κ2) is 4.18. The first-order valence-corrected chi connectivity index (χ1v) is 6.19. The molecule has 0 amide bonds. The predicted octanol–water partition coefficient (Wildman–Crippen LogP) is 3.52. The molecule has 0 bridgehead atoms. The fourth-order valence-corrected chi connectivity index (χ4v) is 3.04. The molecule has 0 N–H and O–H groups in total. The maximum absolute atomic E-state index is 4.97. The second-order valence-corrected chi connectivity index (χ2v) is 4.80. The average Bonchev–Trinajstić information content (AvgIpc) is 2.39. The summed E-state index contributed by atoms with van der Waals surface area (Å²) in [5.41, 5.74) is 0. The molecule has 0 fully saturated rings. The van der Waals surface area contributed by atoms with Crippen LogP contribution in [-0.4, -0.2) is 7.11 Å². The van der Waals surface area contributed by atoms with Crippen LogP contribution >= 0.6 is 11.3 Å². The van der Waals surface area contributed by atoms with Crippen LogP contribution in [0.1, 0.15) is 0 Å². The van der Waals surface area contributed by atoms with Gasteiger partial charge in [-0.2, -0.15) is 0 Å². The van der Waals surface area contributed by atoms with Gasteiger partial charge in [-0.05, 0) is 12.1 Å². The van der Waals surface area contributed by atoms with Gasteiger partial charge in [-0.1, -0.05) is 41.6 Å². The molecule has 0 aliphatic carbocycles. The van der Waals surface area contributed by atoms with Crippen molar-refractivity contribution in [2.24, 2.45) is 5.16 Å². The summed E-state index contributed by atoms with van der Waals surface area (Å²) in [7, 11) is 1.58. The van der Waals surface area contributed by atoms with Gasteiger partial charge in [0, 0.05) is 20.2 Å². The van der Waals surface area contributed by atoms with Crippen LogP contribution in [0, 0.1) is 0 Å². The third-order valence-electron chi connectivity index (χ3n) is 2.69. The van der Waals surface area contributed by atoms with Crippen molar-refractivity contribution < 1.29 is 4.84 Å². The molecule has 0 radical (unpaired) electrons. The van der Waals surface area contributed by atoms with Crippen LogP contribution in [0.3, 0.4) is 0 Å². The van der Waals surface area contributed by atoms with Crippen molar-refractivity contribution in [3.05, 3.63) is 53.9 Å². The zero-order valence-electron chi connectivity index (χ0n) is 9.38. The van der Waals surface area contributed by atoms with Gasteiger partial charge in [0.25, 0.3) is 0 Å². The Balaban J connectivity index is 2.61. The summed E-state index contributed by atoms with van der Waals surface area (Å²) in [6, 6.07) is 16.5. The van der Waals surface area contributed by atoms with Crippen molar-refractivity contribution in [2.75, 3.05) is 7.11 Å². The van der Waals surface area contributed by atoms with E-state index in [-0.39, 0.29) is 0 Å². The van der Waals surface area contributed by atoms with E-state index in [1.807, 2.05) is 24.3 Å². The lowest BCUT2D eigenvalue weighted by molar-refractivity contribution is 0.202. The van der Waals surface area contributed by atoms with Gasteiger partial charge in [-0.3, -0.25) is 0 Å². The summed E-state index contributed by atoms with van der Waals surface area (Å²) in [6.07, 6.45) is 0. The lowest BCUT2D eigenvalue weighted by Gasteiger charge is -2.02. The number of benzene rings is 2. The molecule has 0 saturated heterocycles. The molecule has 3 heteroatoms. The molecular weight excluding hydrogens is 230 g/mol. The van der Waals surface area contributed by atoms with Gasteiger partial charge in [0.05, 0.1) is 0 Å². The normalized spacial score (nSPS) is 10.6. The monoisotopic (exact) mass is 241 g/mol. The quantitative estimate of drug-likeness (QED) is 0.472. The van der Waals surface area contributed by atoms with Crippen molar-refractivity contribution in [1.82, 2.24) is 0 Å². The van der Waals surface area contributed by atoms with Gasteiger partial charge < -0.3 is 4.84 Å². The van der Waals surface area contributed by atoms with E-state index < -0.39 is 0 Å². The molecule has 0 aliphatic rings. The van der Waals surface area contributed by atoms with E-state index in [1.165, 1.54) is 9.40 Å². The zero-order valence-corrected chi connectivity index (χ0v) is 10.2. The first-order chi connectivity index (χ1) is 8.40. The maximum Gasteiger partial charge on any atom is 0.120 e. The average molecular weight is 241 g/mol. The minimum atomic E-state index is 0.914. The van der Waals surface area contributed by atoms with E-state index in [0.717, 1.165) is 16.1 Å². The second-order valence-electron chi connectivity index (χ2n) is 3.72. The first kappa shape index (κ1) is 10.3. The zero-order chi connectivity index (χ0) is 11.7. The van der Waals surface area contributed by atoms with Crippen LogP contribution in [0.15, 0.2) is 53.7 Å². The molecule has 0 aliphatic heterocycles. The van der Waals surface area contributed by atoms with Crippen LogP contribution in [0.2, 0.25) is 0 Å². The molecule has 1 aromatic heterocycles. The fraction of sp³-hybridized carbons (Fsp3) is 0.0714. The number of hydrogen-bond donors (Lipinski definition) is 0. The largest absolute Gasteiger partial charge is 0.399 e. The third-order valence-corrected chi connectivity index (χ3v) is 3.84. The van der Waals surface area contributed by atoms with Gasteiger partial charge in [0.15, 0.2) is 0 Å². The van der Waals surface area contributed by atoms with E-state index in [2.05, 4.69) is 29.4 Å². The summed E-state index contributed by atoms with van der Waals surface area (Å²) < 4.78 is 2.45. The van der Waals surface area contributed by atoms with Crippen LogP contribution in [0.25, 0.3) is 20.2 Å². The van der Waals surface area contributed by atoms with Gasteiger partial charge in [0.2, 0.25) is 0 Å². The summed E-state index contributed by atoms with van der Waals surface area (Å²) in [5, 5.41) is 7.36. The first-order valence-electron chi connectivity index (χ1n) is 5.38. The number of fused-ring (bicyclic) bond motifs is 2. The van der Waals surface area contributed by atoms with Gasteiger partial charge >= 0.3 is 0 Å². The Morgan fingerprint density at radius 2 is 1.41 bits per heavy atom. The molecule has 2 nitrogen and oxygen atoms in total. The highest BCUT2D eigenvalue weighted by Crippen LogP contribution is 2.23. The van der Waals surface area contributed by atoms with Crippen molar-refractivity contribution in [1.29, 1.82) is 0 Å². The van der Waals surface area contributed by atoms with E-state index >= 15 is 0 Å². The molecule has 84 valence electrons. The van der Waals surface area contributed by atoms with Crippen LogP contribution in [-0.2, 0) is 4.84 Å². The van der Waals surface area contributed by atoms with E-state index in [1.54, 1.807) is 18.4 Å². The smallest absolute Gasteiger partial charge is 0.120 e.